The van der Waals surface area contributed by atoms with E-state index in [1.54, 1.807) is 12.1 Å². The van der Waals surface area contributed by atoms with E-state index in [1.165, 1.54) is 12.1 Å². The first-order valence-corrected chi connectivity index (χ1v) is 5.70. The van der Waals surface area contributed by atoms with Crippen LogP contribution in [-0.4, -0.2) is 13.1 Å². The molecule has 0 saturated heterocycles. The van der Waals surface area contributed by atoms with Crippen molar-refractivity contribution < 1.29 is 8.78 Å². The van der Waals surface area contributed by atoms with Gasteiger partial charge in [0.15, 0.2) is 0 Å². The van der Waals surface area contributed by atoms with Crippen LogP contribution in [0.1, 0.15) is 18.9 Å². The summed E-state index contributed by atoms with van der Waals surface area (Å²) in [7, 11) is 0. The van der Waals surface area contributed by atoms with Crippen LogP contribution in [0.25, 0.3) is 0 Å². The molecule has 0 aliphatic heterocycles. The van der Waals surface area contributed by atoms with Crippen LogP contribution in [0, 0.1) is 0 Å². The molecule has 0 spiro atoms. The molecule has 0 saturated carbocycles. The number of halogens is 3. The number of alkyl halides is 2. The second kappa shape index (κ2) is 5.56. The van der Waals surface area contributed by atoms with Gasteiger partial charge in [0.25, 0.3) is 5.92 Å². The molecule has 1 nitrogen and oxygen atoms in total. The Hall–Kier alpha value is -0.480. The van der Waals surface area contributed by atoms with Crippen molar-refractivity contribution in [3.8, 4) is 0 Å². The van der Waals surface area contributed by atoms with Crippen molar-refractivity contribution in [2.75, 3.05) is 13.1 Å². The van der Waals surface area contributed by atoms with Crippen molar-refractivity contribution in [3.05, 3.63) is 34.3 Å². The van der Waals surface area contributed by atoms with Gasteiger partial charge in [-0.05, 0) is 25.1 Å². The molecule has 4 heteroatoms. The molecule has 1 rings (SSSR count). The standard InChI is InChI=1S/C11H14BrF2N/c1-2-6-15-8-11(13,14)9-4-3-5-10(12)7-9/h3-5,7,15H,2,6,8H2,1H3. The van der Waals surface area contributed by atoms with Crippen molar-refractivity contribution in [3.63, 3.8) is 0 Å². The molecule has 0 aliphatic carbocycles. The predicted molar refractivity (Wildman–Crippen MR) is 61.2 cm³/mol. The Bertz CT molecular complexity index is 315. The Labute approximate surface area is 97.0 Å². The summed E-state index contributed by atoms with van der Waals surface area (Å²) in [5.74, 6) is -2.81. The Morgan fingerprint density at radius 2 is 2.13 bits per heavy atom. The van der Waals surface area contributed by atoms with Gasteiger partial charge >= 0.3 is 0 Å². The van der Waals surface area contributed by atoms with Crippen LogP contribution >= 0.6 is 15.9 Å². The molecule has 0 unspecified atom stereocenters. The average molecular weight is 278 g/mol. The molecule has 1 aromatic carbocycles. The lowest BCUT2D eigenvalue weighted by Crippen LogP contribution is -2.31. The van der Waals surface area contributed by atoms with Gasteiger partial charge in [0, 0.05) is 10.0 Å². The maximum Gasteiger partial charge on any atom is 0.285 e. The summed E-state index contributed by atoms with van der Waals surface area (Å²) in [6, 6.07) is 6.25. The van der Waals surface area contributed by atoms with Gasteiger partial charge in [0.2, 0.25) is 0 Å². The van der Waals surface area contributed by atoms with E-state index in [-0.39, 0.29) is 12.1 Å². The van der Waals surface area contributed by atoms with Crippen LogP contribution in [0.3, 0.4) is 0 Å². The highest BCUT2D eigenvalue weighted by Crippen LogP contribution is 2.28. The molecule has 0 radical (unpaired) electrons. The third-order valence-electron chi connectivity index (χ3n) is 2.02. The van der Waals surface area contributed by atoms with Crippen LogP contribution < -0.4 is 5.32 Å². The van der Waals surface area contributed by atoms with Gasteiger partial charge in [-0.2, -0.15) is 8.78 Å². The van der Waals surface area contributed by atoms with Crippen LogP contribution in [0.4, 0.5) is 8.78 Å². The molecule has 0 atom stereocenters. The van der Waals surface area contributed by atoms with Gasteiger partial charge in [-0.15, -0.1) is 0 Å². The van der Waals surface area contributed by atoms with Gasteiger partial charge in [-0.25, -0.2) is 0 Å². The Morgan fingerprint density at radius 1 is 1.40 bits per heavy atom. The summed E-state index contributed by atoms with van der Waals surface area (Å²) in [5, 5.41) is 2.73. The molecule has 0 amide bonds. The van der Waals surface area contributed by atoms with E-state index in [0.717, 1.165) is 6.42 Å². The quantitative estimate of drug-likeness (QED) is 0.812. The van der Waals surface area contributed by atoms with Gasteiger partial charge in [-0.3, -0.25) is 0 Å². The smallest absolute Gasteiger partial charge is 0.285 e. The molecular weight excluding hydrogens is 264 g/mol. The summed E-state index contributed by atoms with van der Waals surface area (Å²) >= 11 is 3.18. The van der Waals surface area contributed by atoms with E-state index in [4.69, 9.17) is 0 Å². The molecule has 0 aromatic heterocycles. The van der Waals surface area contributed by atoms with E-state index in [2.05, 4.69) is 21.2 Å². The molecule has 1 N–H and O–H groups in total. The predicted octanol–water partition coefficient (Wildman–Crippen LogP) is 3.54. The molecule has 0 fully saturated rings. The molecule has 84 valence electrons. The molecule has 15 heavy (non-hydrogen) atoms. The topological polar surface area (TPSA) is 12.0 Å². The maximum absolute atomic E-state index is 13.6. The summed E-state index contributed by atoms with van der Waals surface area (Å²) in [4.78, 5) is 0. The lowest BCUT2D eigenvalue weighted by Gasteiger charge is -2.17. The van der Waals surface area contributed by atoms with E-state index in [1.807, 2.05) is 6.92 Å². The van der Waals surface area contributed by atoms with Gasteiger partial charge in [0.05, 0.1) is 6.54 Å². The SMILES string of the molecule is CCCNCC(F)(F)c1cccc(Br)c1. The fraction of sp³-hybridized carbons (Fsp3) is 0.455. The summed E-state index contributed by atoms with van der Waals surface area (Å²) in [6.45, 7) is 2.26. The van der Waals surface area contributed by atoms with Crippen molar-refractivity contribution >= 4 is 15.9 Å². The second-order valence-corrected chi connectivity index (χ2v) is 4.31. The van der Waals surface area contributed by atoms with Crippen LogP contribution in [-0.2, 0) is 5.92 Å². The van der Waals surface area contributed by atoms with E-state index < -0.39 is 5.92 Å². The fourth-order valence-electron chi connectivity index (χ4n) is 1.24. The minimum Gasteiger partial charge on any atom is -0.311 e. The Kier molecular flexibility index (Phi) is 4.67. The molecule has 1 aromatic rings. The average Bonchev–Trinajstić information content (AvgIpc) is 2.18. The minimum absolute atomic E-state index is 0.0421. The Morgan fingerprint density at radius 3 is 2.73 bits per heavy atom. The van der Waals surface area contributed by atoms with Crippen molar-refractivity contribution in [1.82, 2.24) is 5.32 Å². The molecule has 0 aliphatic rings. The summed E-state index contributed by atoms with van der Waals surface area (Å²) < 4.78 is 27.8. The van der Waals surface area contributed by atoms with Crippen molar-refractivity contribution in [1.29, 1.82) is 0 Å². The first kappa shape index (κ1) is 12.6. The third-order valence-corrected chi connectivity index (χ3v) is 2.51. The highest BCUT2D eigenvalue weighted by molar-refractivity contribution is 9.10. The van der Waals surface area contributed by atoms with Gasteiger partial charge < -0.3 is 5.32 Å². The lowest BCUT2D eigenvalue weighted by atomic mass is 10.1. The summed E-state index contributed by atoms with van der Waals surface area (Å²) in [5.41, 5.74) is 0.0421. The number of rotatable bonds is 5. The van der Waals surface area contributed by atoms with Gasteiger partial charge in [0.1, 0.15) is 0 Å². The van der Waals surface area contributed by atoms with E-state index >= 15 is 0 Å². The highest BCUT2D eigenvalue weighted by atomic mass is 79.9. The zero-order chi connectivity index (χ0) is 11.3. The number of nitrogens with one attached hydrogen (secondary N) is 1. The van der Waals surface area contributed by atoms with Crippen molar-refractivity contribution in [2.45, 2.75) is 19.3 Å². The number of benzene rings is 1. The first-order valence-electron chi connectivity index (χ1n) is 4.91. The monoisotopic (exact) mass is 277 g/mol. The fourth-order valence-corrected chi connectivity index (χ4v) is 1.64. The van der Waals surface area contributed by atoms with Crippen LogP contribution in [0.2, 0.25) is 0 Å². The minimum atomic E-state index is -2.81. The lowest BCUT2D eigenvalue weighted by molar-refractivity contribution is -0.00296. The zero-order valence-corrected chi connectivity index (χ0v) is 10.2. The second-order valence-electron chi connectivity index (χ2n) is 3.39. The number of hydrogen-bond acceptors (Lipinski definition) is 1. The van der Waals surface area contributed by atoms with Crippen molar-refractivity contribution in [2.24, 2.45) is 0 Å². The third kappa shape index (κ3) is 3.87. The van der Waals surface area contributed by atoms with E-state index in [0.29, 0.717) is 11.0 Å². The highest BCUT2D eigenvalue weighted by Gasteiger charge is 2.30. The molecular formula is C11H14BrF2N. The first-order chi connectivity index (χ1) is 7.06. The normalized spacial score (nSPS) is 11.7. The van der Waals surface area contributed by atoms with E-state index in [9.17, 15) is 8.78 Å². The molecule has 0 heterocycles. The maximum atomic E-state index is 13.6. The zero-order valence-electron chi connectivity index (χ0n) is 8.56. The van der Waals surface area contributed by atoms with Crippen LogP contribution in [0.15, 0.2) is 28.7 Å². The summed E-state index contributed by atoms with van der Waals surface area (Å²) in [6.07, 6.45) is 0.856. The van der Waals surface area contributed by atoms with Gasteiger partial charge in [-0.1, -0.05) is 35.0 Å². The number of hydrogen-bond donors (Lipinski definition) is 1. The Balaban J connectivity index is 2.67. The largest absolute Gasteiger partial charge is 0.311 e. The molecule has 0 bridgehead atoms. The van der Waals surface area contributed by atoms with Crippen LogP contribution in [0.5, 0.6) is 0 Å².